The Kier molecular flexibility index (Phi) is 3.66. The number of aromatic nitrogens is 4. The summed E-state index contributed by atoms with van der Waals surface area (Å²) in [6.45, 7) is 4.51. The van der Waals surface area contributed by atoms with Crippen LogP contribution in [0.1, 0.15) is 18.9 Å². The van der Waals surface area contributed by atoms with Gasteiger partial charge in [0.2, 0.25) is 5.95 Å². The van der Waals surface area contributed by atoms with E-state index >= 15 is 0 Å². The van der Waals surface area contributed by atoms with E-state index in [1.165, 1.54) is 0 Å². The molecule has 0 aliphatic heterocycles. The molecule has 6 nitrogen and oxygen atoms in total. The van der Waals surface area contributed by atoms with Crippen molar-refractivity contribution >= 4 is 5.95 Å². The van der Waals surface area contributed by atoms with E-state index in [0.29, 0.717) is 12.4 Å². The molecule has 2 aromatic heterocycles. The predicted molar refractivity (Wildman–Crippen MR) is 68.0 cm³/mol. The van der Waals surface area contributed by atoms with Crippen LogP contribution in [0.2, 0.25) is 0 Å². The van der Waals surface area contributed by atoms with Crippen molar-refractivity contribution in [3.63, 3.8) is 0 Å². The molecule has 0 unspecified atom stereocenters. The van der Waals surface area contributed by atoms with Crippen LogP contribution in [0.15, 0.2) is 18.5 Å². The van der Waals surface area contributed by atoms with Gasteiger partial charge in [0, 0.05) is 18.0 Å². The Morgan fingerprint density at radius 1 is 1.28 bits per heavy atom. The fourth-order valence-corrected chi connectivity index (χ4v) is 1.47. The molecule has 0 saturated heterocycles. The van der Waals surface area contributed by atoms with Gasteiger partial charge in [0.15, 0.2) is 5.82 Å². The molecule has 18 heavy (non-hydrogen) atoms. The molecular weight excluding hydrogens is 230 g/mol. The van der Waals surface area contributed by atoms with E-state index in [4.69, 9.17) is 10.5 Å². The van der Waals surface area contributed by atoms with Crippen molar-refractivity contribution < 1.29 is 4.74 Å². The molecule has 0 fully saturated rings. The van der Waals surface area contributed by atoms with Gasteiger partial charge in [0.1, 0.15) is 0 Å². The summed E-state index contributed by atoms with van der Waals surface area (Å²) in [5.41, 5.74) is 7.51. The fraction of sp³-hybridized carbons (Fsp3) is 0.333. The van der Waals surface area contributed by atoms with Crippen LogP contribution >= 0.6 is 0 Å². The molecule has 2 heterocycles. The van der Waals surface area contributed by atoms with E-state index in [9.17, 15) is 0 Å². The molecule has 0 amide bonds. The second-order valence-corrected chi connectivity index (χ2v) is 3.84. The van der Waals surface area contributed by atoms with Crippen molar-refractivity contribution in [3.8, 4) is 17.4 Å². The fourth-order valence-electron chi connectivity index (χ4n) is 1.47. The van der Waals surface area contributed by atoms with Gasteiger partial charge in [-0.15, -0.1) is 0 Å². The summed E-state index contributed by atoms with van der Waals surface area (Å²) in [7, 11) is 0. The minimum atomic E-state index is 0.155. The first-order chi connectivity index (χ1) is 8.70. The molecule has 2 rings (SSSR count). The maximum absolute atomic E-state index is 5.66. The summed E-state index contributed by atoms with van der Waals surface area (Å²) in [6, 6.07) is 2.10. The zero-order valence-corrected chi connectivity index (χ0v) is 10.4. The maximum atomic E-state index is 5.66. The normalized spacial score (nSPS) is 10.3. The number of nitrogens with zero attached hydrogens (tertiary/aromatic N) is 4. The van der Waals surface area contributed by atoms with E-state index in [1.807, 2.05) is 19.9 Å². The van der Waals surface area contributed by atoms with Gasteiger partial charge in [0.25, 0.3) is 0 Å². The highest BCUT2D eigenvalue weighted by Gasteiger charge is 2.09. The second-order valence-electron chi connectivity index (χ2n) is 3.84. The molecular formula is C12H15N5O. The van der Waals surface area contributed by atoms with Crippen LogP contribution in [0.3, 0.4) is 0 Å². The van der Waals surface area contributed by atoms with Crippen LogP contribution in [-0.4, -0.2) is 26.5 Å². The molecule has 2 aromatic rings. The van der Waals surface area contributed by atoms with Gasteiger partial charge in [-0.2, -0.15) is 15.0 Å². The standard InChI is InChI=1S/C12H15N5O/c1-3-6-18-12-16-10(15-11(13)17-12)9-4-5-14-7-8(9)2/h4-5,7H,3,6H2,1-2H3,(H2,13,15,16,17). The minimum Gasteiger partial charge on any atom is -0.463 e. The van der Waals surface area contributed by atoms with Gasteiger partial charge in [-0.3, -0.25) is 4.98 Å². The van der Waals surface area contributed by atoms with Gasteiger partial charge < -0.3 is 10.5 Å². The average molecular weight is 245 g/mol. The summed E-state index contributed by atoms with van der Waals surface area (Å²) < 4.78 is 5.38. The Balaban J connectivity index is 2.39. The van der Waals surface area contributed by atoms with Crippen LogP contribution < -0.4 is 10.5 Å². The number of aryl methyl sites for hydroxylation is 1. The van der Waals surface area contributed by atoms with E-state index in [0.717, 1.165) is 17.5 Å². The topological polar surface area (TPSA) is 86.8 Å². The number of hydrogen-bond acceptors (Lipinski definition) is 6. The molecule has 0 radical (unpaired) electrons. The van der Waals surface area contributed by atoms with Crippen molar-refractivity contribution in [2.45, 2.75) is 20.3 Å². The van der Waals surface area contributed by atoms with Crippen LogP contribution in [0, 0.1) is 6.92 Å². The number of anilines is 1. The highest BCUT2D eigenvalue weighted by molar-refractivity contribution is 5.59. The third-order valence-electron chi connectivity index (χ3n) is 2.33. The zero-order valence-electron chi connectivity index (χ0n) is 10.4. The summed E-state index contributed by atoms with van der Waals surface area (Å²) in [5, 5.41) is 0. The Morgan fingerprint density at radius 3 is 2.83 bits per heavy atom. The average Bonchev–Trinajstić information content (AvgIpc) is 2.36. The van der Waals surface area contributed by atoms with Crippen molar-refractivity contribution in [1.82, 2.24) is 19.9 Å². The lowest BCUT2D eigenvalue weighted by Crippen LogP contribution is -2.06. The molecule has 0 atom stereocenters. The van der Waals surface area contributed by atoms with Crippen LogP contribution in [-0.2, 0) is 0 Å². The molecule has 0 aliphatic rings. The highest BCUT2D eigenvalue weighted by Crippen LogP contribution is 2.20. The van der Waals surface area contributed by atoms with Crippen molar-refractivity contribution in [1.29, 1.82) is 0 Å². The number of pyridine rings is 1. The van der Waals surface area contributed by atoms with Crippen molar-refractivity contribution in [2.24, 2.45) is 0 Å². The van der Waals surface area contributed by atoms with Gasteiger partial charge in [-0.05, 0) is 25.0 Å². The largest absolute Gasteiger partial charge is 0.463 e. The molecule has 0 spiro atoms. The van der Waals surface area contributed by atoms with E-state index in [-0.39, 0.29) is 12.0 Å². The molecule has 0 saturated carbocycles. The smallest absolute Gasteiger partial charge is 0.321 e. The quantitative estimate of drug-likeness (QED) is 0.880. The minimum absolute atomic E-state index is 0.155. The van der Waals surface area contributed by atoms with Crippen LogP contribution in [0.4, 0.5) is 5.95 Å². The van der Waals surface area contributed by atoms with Gasteiger partial charge in [-0.1, -0.05) is 6.92 Å². The summed E-state index contributed by atoms with van der Waals surface area (Å²) >= 11 is 0. The number of nitrogens with two attached hydrogens (primary N) is 1. The zero-order chi connectivity index (χ0) is 13.0. The van der Waals surface area contributed by atoms with E-state index in [1.54, 1.807) is 12.4 Å². The van der Waals surface area contributed by atoms with Gasteiger partial charge in [-0.25, -0.2) is 0 Å². The van der Waals surface area contributed by atoms with Crippen molar-refractivity contribution in [3.05, 3.63) is 24.0 Å². The third kappa shape index (κ3) is 2.71. The number of hydrogen-bond donors (Lipinski definition) is 1. The Hall–Kier alpha value is -2.24. The Morgan fingerprint density at radius 2 is 2.11 bits per heavy atom. The molecule has 0 bridgehead atoms. The summed E-state index contributed by atoms with van der Waals surface area (Å²) in [4.78, 5) is 16.3. The van der Waals surface area contributed by atoms with Crippen LogP contribution in [0.5, 0.6) is 6.01 Å². The van der Waals surface area contributed by atoms with Crippen molar-refractivity contribution in [2.75, 3.05) is 12.3 Å². The Bertz CT molecular complexity index is 544. The lowest BCUT2D eigenvalue weighted by Gasteiger charge is -2.07. The first-order valence-corrected chi connectivity index (χ1v) is 5.76. The number of nitrogen functional groups attached to an aromatic ring is 1. The van der Waals surface area contributed by atoms with E-state index in [2.05, 4.69) is 19.9 Å². The maximum Gasteiger partial charge on any atom is 0.321 e. The first-order valence-electron chi connectivity index (χ1n) is 5.76. The lowest BCUT2D eigenvalue weighted by atomic mass is 10.1. The summed E-state index contributed by atoms with van der Waals surface area (Å²) in [5.74, 6) is 0.663. The van der Waals surface area contributed by atoms with Gasteiger partial charge in [0.05, 0.1) is 6.61 Å². The number of rotatable bonds is 4. The SMILES string of the molecule is CCCOc1nc(N)nc(-c2ccncc2C)n1. The number of ether oxygens (including phenoxy) is 1. The highest BCUT2D eigenvalue weighted by atomic mass is 16.5. The molecule has 2 N–H and O–H groups in total. The first kappa shape index (κ1) is 12.2. The van der Waals surface area contributed by atoms with Gasteiger partial charge >= 0.3 is 6.01 Å². The lowest BCUT2D eigenvalue weighted by molar-refractivity contribution is 0.292. The Labute approximate surface area is 105 Å². The van der Waals surface area contributed by atoms with E-state index < -0.39 is 0 Å². The van der Waals surface area contributed by atoms with Crippen LogP contribution in [0.25, 0.3) is 11.4 Å². The molecule has 0 aliphatic carbocycles. The monoisotopic (exact) mass is 245 g/mol. The molecule has 0 aromatic carbocycles. The third-order valence-corrected chi connectivity index (χ3v) is 2.33. The molecule has 6 heteroatoms. The molecule has 94 valence electrons. The second kappa shape index (κ2) is 5.39. The summed E-state index contributed by atoms with van der Waals surface area (Å²) in [6.07, 6.45) is 4.33. The predicted octanol–water partition coefficient (Wildman–Crippen LogP) is 1.61.